The number of carboxylic acid groups (broad SMARTS) is 1. The molecule has 186 valence electrons. The second-order valence-electron chi connectivity index (χ2n) is 8.73. The van der Waals surface area contributed by atoms with Crippen LogP contribution in [0, 0.1) is 11.8 Å². The largest absolute Gasteiger partial charge is 0.480 e. The number of halogens is 2. The molecule has 0 spiro atoms. The van der Waals surface area contributed by atoms with Gasteiger partial charge in [-0.05, 0) is 29.2 Å². The monoisotopic (exact) mass is 488 g/mol. The van der Waals surface area contributed by atoms with Crippen LogP contribution in [0.5, 0.6) is 0 Å². The highest BCUT2D eigenvalue weighted by atomic mass is 19.3. The topological polar surface area (TPSA) is 114 Å². The van der Waals surface area contributed by atoms with E-state index in [4.69, 9.17) is 9.47 Å². The highest BCUT2D eigenvalue weighted by molar-refractivity contribution is 5.88. The van der Waals surface area contributed by atoms with Crippen LogP contribution in [0.3, 0.4) is 0 Å². The molecule has 2 unspecified atom stereocenters. The van der Waals surface area contributed by atoms with E-state index in [1.54, 1.807) is 0 Å². The Bertz CT molecular complexity index is 1090. The summed E-state index contributed by atoms with van der Waals surface area (Å²) >= 11 is 0. The third-order valence-electron chi connectivity index (χ3n) is 6.70. The number of aliphatic carboxylic acids is 1. The highest BCUT2D eigenvalue weighted by Gasteiger charge is 2.71. The summed E-state index contributed by atoms with van der Waals surface area (Å²) in [5.74, 6) is -9.27. The molecule has 2 amide bonds. The van der Waals surface area contributed by atoms with Crippen LogP contribution in [0.25, 0.3) is 11.1 Å². The van der Waals surface area contributed by atoms with E-state index in [2.05, 4.69) is 10.6 Å². The average Bonchev–Trinajstić information content (AvgIpc) is 3.25. The van der Waals surface area contributed by atoms with Gasteiger partial charge in [0, 0.05) is 19.6 Å². The molecule has 2 aromatic carbocycles. The average molecular weight is 488 g/mol. The number of rotatable bonds is 9. The van der Waals surface area contributed by atoms with Gasteiger partial charge in [-0.25, -0.2) is 18.4 Å². The third-order valence-corrected chi connectivity index (χ3v) is 6.70. The maximum atomic E-state index is 14.2. The summed E-state index contributed by atoms with van der Waals surface area (Å²) in [5, 5.41) is 13.6. The Morgan fingerprint density at radius 1 is 1.06 bits per heavy atom. The summed E-state index contributed by atoms with van der Waals surface area (Å²) in [6.45, 7) is 0.944. The molecule has 35 heavy (non-hydrogen) atoms. The first-order valence-electron chi connectivity index (χ1n) is 11.2. The summed E-state index contributed by atoms with van der Waals surface area (Å²) in [4.78, 5) is 35.9. The zero-order valence-electron chi connectivity index (χ0n) is 19.2. The van der Waals surface area contributed by atoms with Gasteiger partial charge in [-0.3, -0.25) is 4.79 Å². The van der Waals surface area contributed by atoms with Gasteiger partial charge in [0.25, 0.3) is 5.92 Å². The maximum absolute atomic E-state index is 14.2. The lowest BCUT2D eigenvalue weighted by molar-refractivity contribution is -0.146. The molecular formula is C25H26F2N2O6. The lowest BCUT2D eigenvalue weighted by atomic mass is 9.98. The molecule has 1 saturated carbocycles. The van der Waals surface area contributed by atoms with Crippen molar-refractivity contribution >= 4 is 18.0 Å². The highest BCUT2D eigenvalue weighted by Crippen LogP contribution is 2.55. The number of alkyl halides is 2. The fraction of sp³-hybridized carbons (Fsp3) is 0.400. The first-order valence-corrected chi connectivity index (χ1v) is 11.2. The molecule has 4 rings (SSSR count). The van der Waals surface area contributed by atoms with Crippen LogP contribution in [0.4, 0.5) is 13.6 Å². The fourth-order valence-corrected chi connectivity index (χ4v) is 4.60. The third kappa shape index (κ3) is 4.70. The first kappa shape index (κ1) is 24.6. The van der Waals surface area contributed by atoms with Gasteiger partial charge in [-0.1, -0.05) is 48.5 Å². The summed E-state index contributed by atoms with van der Waals surface area (Å²) in [6.07, 6.45) is -1.79. The maximum Gasteiger partial charge on any atom is 0.407 e. The van der Waals surface area contributed by atoms with Gasteiger partial charge >= 0.3 is 12.1 Å². The quantitative estimate of drug-likeness (QED) is 0.500. The lowest BCUT2D eigenvalue weighted by Crippen LogP contribution is -2.49. The van der Waals surface area contributed by atoms with Crippen LogP contribution >= 0.6 is 0 Å². The number of benzene rings is 2. The van der Waals surface area contributed by atoms with Gasteiger partial charge < -0.3 is 25.2 Å². The van der Waals surface area contributed by atoms with Gasteiger partial charge in [0.1, 0.15) is 12.5 Å². The number of hydrogen-bond acceptors (Lipinski definition) is 5. The zero-order chi connectivity index (χ0) is 25.3. The van der Waals surface area contributed by atoms with E-state index in [9.17, 15) is 28.3 Å². The lowest BCUT2D eigenvalue weighted by Gasteiger charge is -2.20. The number of alkyl carbamates (subject to hydrolysis) is 1. The van der Waals surface area contributed by atoms with E-state index in [1.165, 1.54) is 14.0 Å². The zero-order valence-corrected chi connectivity index (χ0v) is 19.2. The van der Waals surface area contributed by atoms with Crippen molar-refractivity contribution in [2.45, 2.75) is 30.9 Å². The number of methoxy groups -OCH3 is 1. The van der Waals surface area contributed by atoms with Crippen LogP contribution in [0.2, 0.25) is 0 Å². The second-order valence-corrected chi connectivity index (χ2v) is 8.73. The molecule has 2 aromatic rings. The van der Waals surface area contributed by atoms with Crippen molar-refractivity contribution in [3.05, 3.63) is 59.7 Å². The Morgan fingerprint density at radius 2 is 1.63 bits per heavy atom. The Hall–Kier alpha value is -3.53. The van der Waals surface area contributed by atoms with Crippen molar-refractivity contribution in [2.24, 2.45) is 11.8 Å². The Labute approximate surface area is 200 Å². The van der Waals surface area contributed by atoms with Crippen molar-refractivity contribution in [2.75, 3.05) is 20.3 Å². The molecule has 1 fully saturated rings. The molecule has 0 saturated heterocycles. The van der Waals surface area contributed by atoms with E-state index in [-0.39, 0.29) is 12.5 Å². The van der Waals surface area contributed by atoms with Crippen molar-refractivity contribution in [3.63, 3.8) is 0 Å². The van der Waals surface area contributed by atoms with Crippen LogP contribution in [-0.2, 0) is 19.1 Å². The molecule has 2 aliphatic rings. The minimum atomic E-state index is -3.37. The fourth-order valence-electron chi connectivity index (χ4n) is 4.60. The number of amides is 2. The van der Waals surface area contributed by atoms with Gasteiger partial charge in [0.05, 0.1) is 12.0 Å². The van der Waals surface area contributed by atoms with Crippen molar-refractivity contribution in [3.8, 4) is 11.1 Å². The number of carbonyl (C=O) groups excluding carboxylic acids is 2. The summed E-state index contributed by atoms with van der Waals surface area (Å²) in [5.41, 5.74) is 4.16. The van der Waals surface area contributed by atoms with E-state index < -0.39 is 54.4 Å². The Morgan fingerprint density at radius 3 is 2.17 bits per heavy atom. The number of nitrogens with one attached hydrogen (secondary N) is 2. The smallest absolute Gasteiger partial charge is 0.407 e. The molecule has 4 atom stereocenters. The minimum Gasteiger partial charge on any atom is -0.480 e. The number of ether oxygens (including phenoxy) is 2. The molecule has 0 aromatic heterocycles. The summed E-state index contributed by atoms with van der Waals surface area (Å²) < 4.78 is 38.7. The normalized spacial score (nSPS) is 21.3. The van der Waals surface area contributed by atoms with Gasteiger partial charge in [0.2, 0.25) is 5.91 Å². The van der Waals surface area contributed by atoms with Crippen molar-refractivity contribution < 1.29 is 37.7 Å². The molecular weight excluding hydrogens is 462 g/mol. The van der Waals surface area contributed by atoms with Crippen LogP contribution in [0.15, 0.2) is 48.5 Å². The Balaban J connectivity index is 1.32. The van der Waals surface area contributed by atoms with E-state index >= 15 is 0 Å². The van der Waals surface area contributed by atoms with Crippen molar-refractivity contribution in [1.82, 2.24) is 10.6 Å². The van der Waals surface area contributed by atoms with Crippen LogP contribution in [-0.4, -0.2) is 61.4 Å². The molecule has 0 heterocycles. The predicted molar refractivity (Wildman–Crippen MR) is 121 cm³/mol. The SMILES string of the molecule is CO[C@H](C)[C@H](NC(=O)C1C(CNC(=O)OCC2c3ccccc3-c3ccccc32)C1(F)F)C(=O)O. The standard InChI is InChI=1S/C25H26F2N2O6/c1-13(34-2)21(23(31)32)29-22(30)20-19(25(20,26)27)11-28-24(33)35-12-18-16-9-5-3-7-14(16)15-8-4-6-10-17(15)18/h3-10,13,18-21H,11-12H2,1-2H3,(H,28,33)(H,29,30)(H,31,32)/t13-,19?,20?,21+/m1/s1. The first-order chi connectivity index (χ1) is 16.7. The minimum absolute atomic E-state index is 0.0278. The van der Waals surface area contributed by atoms with Crippen LogP contribution in [0.1, 0.15) is 24.0 Å². The molecule has 0 aliphatic heterocycles. The molecule has 10 heteroatoms. The molecule has 0 bridgehead atoms. The van der Waals surface area contributed by atoms with E-state index in [0.717, 1.165) is 22.3 Å². The van der Waals surface area contributed by atoms with Gasteiger partial charge in [-0.2, -0.15) is 0 Å². The Kier molecular flexibility index (Phi) is 6.75. The summed E-state index contributed by atoms with van der Waals surface area (Å²) in [7, 11) is 1.25. The number of carboxylic acids is 1. The molecule has 0 radical (unpaired) electrons. The van der Waals surface area contributed by atoms with E-state index in [1.807, 2.05) is 48.5 Å². The number of hydrogen-bond donors (Lipinski definition) is 3. The molecule has 3 N–H and O–H groups in total. The van der Waals surface area contributed by atoms with Crippen LogP contribution < -0.4 is 10.6 Å². The number of fused-ring (bicyclic) bond motifs is 3. The van der Waals surface area contributed by atoms with E-state index in [0.29, 0.717) is 0 Å². The second kappa shape index (κ2) is 9.61. The number of carbonyl (C=O) groups is 3. The van der Waals surface area contributed by atoms with Gasteiger partial charge in [0.15, 0.2) is 6.04 Å². The van der Waals surface area contributed by atoms with Gasteiger partial charge in [-0.15, -0.1) is 0 Å². The summed E-state index contributed by atoms with van der Waals surface area (Å²) in [6, 6.07) is 14.1. The molecule has 2 aliphatic carbocycles. The van der Waals surface area contributed by atoms with Crippen molar-refractivity contribution in [1.29, 1.82) is 0 Å². The predicted octanol–water partition coefficient (Wildman–Crippen LogP) is 3.01. The molecule has 8 nitrogen and oxygen atoms in total.